The van der Waals surface area contributed by atoms with Gasteiger partial charge in [0.05, 0.1) is 28.1 Å². The van der Waals surface area contributed by atoms with Crippen LogP contribution in [0.25, 0.3) is 10.9 Å². The second-order valence-corrected chi connectivity index (χ2v) is 10.0. The van der Waals surface area contributed by atoms with E-state index in [0.29, 0.717) is 29.9 Å². The molecule has 0 amide bonds. The number of methoxy groups -OCH3 is 1. The van der Waals surface area contributed by atoms with Gasteiger partial charge in [-0.15, -0.1) is 0 Å². The highest BCUT2D eigenvalue weighted by Crippen LogP contribution is 2.28. The van der Waals surface area contributed by atoms with Crippen molar-refractivity contribution in [1.82, 2.24) is 9.29 Å². The van der Waals surface area contributed by atoms with Crippen molar-refractivity contribution >= 4 is 50.1 Å². The lowest BCUT2D eigenvalue weighted by molar-refractivity contribution is 0.0472. The summed E-state index contributed by atoms with van der Waals surface area (Å²) < 4.78 is 37.6. The molecule has 2 heterocycles. The first-order valence-electron chi connectivity index (χ1n) is 9.89. The number of hydrogen-bond donors (Lipinski definition) is 0. The monoisotopic (exact) mass is 494 g/mol. The predicted octanol–water partition coefficient (Wildman–Crippen LogP) is 4.69. The van der Waals surface area contributed by atoms with Crippen LogP contribution in [0.4, 0.5) is 0 Å². The first-order valence-corrected chi connectivity index (χ1v) is 12.1. The van der Waals surface area contributed by atoms with Crippen LogP contribution in [-0.2, 0) is 21.4 Å². The molecule has 1 aliphatic heterocycles. The van der Waals surface area contributed by atoms with Gasteiger partial charge in [-0.05, 0) is 49.2 Å². The summed E-state index contributed by atoms with van der Waals surface area (Å²) in [5, 5.41) is 1.10. The fourth-order valence-electron chi connectivity index (χ4n) is 3.52. The largest absolute Gasteiger partial charge is 0.497 e. The van der Waals surface area contributed by atoms with Gasteiger partial charge >= 0.3 is 5.97 Å². The molecule has 0 spiro atoms. The molecule has 10 heteroatoms. The van der Waals surface area contributed by atoms with E-state index < -0.39 is 16.0 Å². The number of pyridine rings is 1. The fourth-order valence-corrected chi connectivity index (χ4v) is 5.45. The Balaban J connectivity index is 1.55. The molecule has 7 nitrogen and oxygen atoms in total. The van der Waals surface area contributed by atoms with Crippen LogP contribution in [0.3, 0.4) is 0 Å². The molecule has 0 bridgehead atoms. The highest BCUT2D eigenvalue weighted by Gasteiger charge is 2.28. The number of benzene rings is 2. The van der Waals surface area contributed by atoms with Crippen molar-refractivity contribution in [3.05, 3.63) is 63.8 Å². The lowest BCUT2D eigenvalue weighted by atomic mass is 10.1. The average Bonchev–Trinajstić information content (AvgIpc) is 3.33. The zero-order valence-corrected chi connectivity index (χ0v) is 19.5. The summed E-state index contributed by atoms with van der Waals surface area (Å²) in [6.07, 6.45) is 1.63. The Labute approximate surface area is 195 Å². The maximum absolute atomic E-state index is 12.8. The standard InChI is InChI=1S/C22H20Cl2N2O5S/c1-30-16-5-4-14-10-15(21(24)25-20(14)11-16)13-31-22(27)18-12-17(6-7-19(18)23)32(28,29)26-8-2-3-9-26/h4-7,10-12H,2-3,8-9,13H2,1H3. The maximum Gasteiger partial charge on any atom is 0.340 e. The summed E-state index contributed by atoms with van der Waals surface area (Å²) in [4.78, 5) is 17.0. The Bertz CT molecular complexity index is 1290. The number of rotatable bonds is 6. The number of ether oxygens (including phenoxy) is 2. The minimum Gasteiger partial charge on any atom is -0.497 e. The smallest absolute Gasteiger partial charge is 0.340 e. The summed E-state index contributed by atoms with van der Waals surface area (Å²) in [5.74, 6) is -0.0991. The first-order chi connectivity index (χ1) is 15.3. The van der Waals surface area contributed by atoms with E-state index in [1.54, 1.807) is 25.3 Å². The third-order valence-electron chi connectivity index (χ3n) is 5.27. The number of aromatic nitrogens is 1. The Morgan fingerprint density at radius 2 is 1.84 bits per heavy atom. The Morgan fingerprint density at radius 3 is 2.56 bits per heavy atom. The topological polar surface area (TPSA) is 85.8 Å². The Morgan fingerprint density at radius 1 is 1.09 bits per heavy atom. The van der Waals surface area contributed by atoms with Gasteiger partial charge in [-0.2, -0.15) is 4.31 Å². The van der Waals surface area contributed by atoms with Crippen molar-refractivity contribution in [3.63, 3.8) is 0 Å². The van der Waals surface area contributed by atoms with Crippen molar-refractivity contribution in [2.75, 3.05) is 20.2 Å². The molecule has 168 valence electrons. The van der Waals surface area contributed by atoms with Crippen molar-refractivity contribution in [1.29, 1.82) is 0 Å². The van der Waals surface area contributed by atoms with E-state index >= 15 is 0 Å². The number of hydrogen-bond acceptors (Lipinski definition) is 6. The van der Waals surface area contributed by atoms with E-state index in [1.807, 2.05) is 6.07 Å². The molecule has 32 heavy (non-hydrogen) atoms. The molecule has 0 aliphatic carbocycles. The zero-order valence-electron chi connectivity index (χ0n) is 17.2. The molecule has 3 aromatic rings. The van der Waals surface area contributed by atoms with E-state index in [4.69, 9.17) is 32.7 Å². The van der Waals surface area contributed by atoms with Crippen LogP contribution in [0.1, 0.15) is 28.8 Å². The summed E-state index contributed by atoms with van der Waals surface area (Å²) in [6.45, 7) is 0.778. The van der Waals surface area contributed by atoms with Crippen molar-refractivity contribution < 1.29 is 22.7 Å². The second kappa shape index (κ2) is 9.23. The van der Waals surface area contributed by atoms with E-state index in [1.165, 1.54) is 22.5 Å². The van der Waals surface area contributed by atoms with Crippen molar-refractivity contribution in [2.24, 2.45) is 0 Å². The zero-order chi connectivity index (χ0) is 22.9. The molecule has 1 aromatic heterocycles. The summed E-state index contributed by atoms with van der Waals surface area (Å²) in [6, 6.07) is 11.2. The normalized spacial score (nSPS) is 14.6. The molecule has 0 radical (unpaired) electrons. The summed E-state index contributed by atoms with van der Waals surface area (Å²) in [7, 11) is -2.13. The Hall–Kier alpha value is -2.39. The molecular formula is C22H20Cl2N2O5S. The highest BCUT2D eigenvalue weighted by atomic mass is 35.5. The molecule has 0 N–H and O–H groups in total. The minimum atomic E-state index is -3.69. The lowest BCUT2D eigenvalue weighted by Crippen LogP contribution is -2.28. The molecule has 1 fully saturated rings. The van der Waals surface area contributed by atoms with E-state index in [2.05, 4.69) is 4.98 Å². The molecule has 0 atom stereocenters. The van der Waals surface area contributed by atoms with Gasteiger partial charge in [-0.1, -0.05) is 23.2 Å². The molecule has 0 saturated carbocycles. The number of halogens is 2. The fraction of sp³-hybridized carbons (Fsp3) is 0.273. The number of esters is 1. The van der Waals surface area contributed by atoms with E-state index in [0.717, 1.165) is 18.2 Å². The van der Waals surface area contributed by atoms with E-state index in [9.17, 15) is 13.2 Å². The van der Waals surface area contributed by atoms with Crippen molar-refractivity contribution in [3.8, 4) is 5.75 Å². The molecule has 1 aliphatic rings. The van der Waals surface area contributed by atoms with Gasteiger partial charge in [0, 0.05) is 30.1 Å². The van der Waals surface area contributed by atoms with Crippen LogP contribution < -0.4 is 4.74 Å². The lowest BCUT2D eigenvalue weighted by Gasteiger charge is -2.16. The van der Waals surface area contributed by atoms with E-state index in [-0.39, 0.29) is 27.2 Å². The number of fused-ring (bicyclic) bond motifs is 1. The van der Waals surface area contributed by atoms with Crippen LogP contribution in [0.15, 0.2) is 47.4 Å². The maximum atomic E-state index is 12.8. The van der Waals surface area contributed by atoms with Crippen LogP contribution in [0.2, 0.25) is 10.2 Å². The molecule has 2 aromatic carbocycles. The summed E-state index contributed by atoms with van der Waals surface area (Å²) in [5.41, 5.74) is 1.13. The van der Waals surface area contributed by atoms with Crippen LogP contribution in [0.5, 0.6) is 5.75 Å². The van der Waals surface area contributed by atoms with Gasteiger partial charge in [-0.3, -0.25) is 0 Å². The molecule has 4 rings (SSSR count). The van der Waals surface area contributed by atoms with Crippen LogP contribution in [-0.4, -0.2) is 43.9 Å². The number of carbonyl (C=O) groups is 1. The van der Waals surface area contributed by atoms with Crippen molar-refractivity contribution in [2.45, 2.75) is 24.3 Å². The third kappa shape index (κ3) is 4.54. The SMILES string of the molecule is COc1ccc2cc(COC(=O)c3cc(S(=O)(=O)N4CCCC4)ccc3Cl)c(Cl)nc2c1. The quantitative estimate of drug-likeness (QED) is 0.364. The van der Waals surface area contributed by atoms with Crippen LogP contribution in [0, 0.1) is 0 Å². The first kappa shape index (κ1) is 22.8. The molecule has 0 unspecified atom stereocenters. The number of nitrogens with zero attached hydrogens (tertiary/aromatic N) is 2. The number of sulfonamides is 1. The van der Waals surface area contributed by atoms with Gasteiger partial charge in [0.25, 0.3) is 0 Å². The second-order valence-electron chi connectivity index (χ2n) is 7.33. The third-order valence-corrected chi connectivity index (χ3v) is 7.82. The predicted molar refractivity (Wildman–Crippen MR) is 122 cm³/mol. The van der Waals surface area contributed by atoms with Crippen LogP contribution >= 0.6 is 23.2 Å². The van der Waals surface area contributed by atoms with Gasteiger partial charge in [0.1, 0.15) is 17.5 Å². The van der Waals surface area contributed by atoms with Gasteiger partial charge < -0.3 is 9.47 Å². The highest BCUT2D eigenvalue weighted by molar-refractivity contribution is 7.89. The van der Waals surface area contributed by atoms with Gasteiger partial charge in [0.2, 0.25) is 10.0 Å². The number of carbonyl (C=O) groups excluding carboxylic acids is 1. The Kier molecular flexibility index (Phi) is 6.57. The molecule has 1 saturated heterocycles. The van der Waals surface area contributed by atoms with Gasteiger partial charge in [-0.25, -0.2) is 18.2 Å². The molecular weight excluding hydrogens is 475 g/mol. The minimum absolute atomic E-state index is 0.00935. The van der Waals surface area contributed by atoms with Gasteiger partial charge in [0.15, 0.2) is 0 Å². The average molecular weight is 495 g/mol. The summed E-state index contributed by atoms with van der Waals surface area (Å²) >= 11 is 12.4.